The minimum absolute atomic E-state index is 0.526. The van der Waals surface area contributed by atoms with Crippen molar-refractivity contribution in [1.82, 2.24) is 4.90 Å². The van der Waals surface area contributed by atoms with E-state index < -0.39 is 0 Å². The number of hydrogen-bond acceptors (Lipinski definition) is 4. The van der Waals surface area contributed by atoms with Crippen molar-refractivity contribution < 1.29 is 4.74 Å². The molecule has 2 fully saturated rings. The molecule has 3 rings (SSSR count). The van der Waals surface area contributed by atoms with Crippen LogP contribution in [0.3, 0.4) is 0 Å². The van der Waals surface area contributed by atoms with E-state index in [9.17, 15) is 0 Å². The number of nitrogens with zero attached hydrogens (tertiary/aromatic N) is 1. The smallest absolute Gasteiger partial charge is 0.0611 e. The van der Waals surface area contributed by atoms with E-state index >= 15 is 0 Å². The largest absolute Gasteiger partial charge is 0.379 e. The van der Waals surface area contributed by atoms with Crippen LogP contribution in [-0.4, -0.2) is 43.5 Å². The van der Waals surface area contributed by atoms with Gasteiger partial charge in [-0.3, -0.25) is 4.90 Å². The Kier molecular flexibility index (Phi) is 4.12. The van der Waals surface area contributed by atoms with Gasteiger partial charge < -0.3 is 10.5 Å². The van der Waals surface area contributed by atoms with Crippen molar-refractivity contribution in [2.75, 3.05) is 33.4 Å². The Balaban J connectivity index is 1.79. The van der Waals surface area contributed by atoms with Gasteiger partial charge in [0.15, 0.2) is 0 Å². The highest BCUT2D eigenvalue weighted by atomic mass is 32.2. The van der Waals surface area contributed by atoms with Gasteiger partial charge in [-0.2, -0.15) is 0 Å². The summed E-state index contributed by atoms with van der Waals surface area (Å²) in [7, 11) is 2.22. The van der Waals surface area contributed by atoms with Crippen molar-refractivity contribution >= 4 is 11.8 Å². The zero-order valence-electron chi connectivity index (χ0n) is 11.4. The highest BCUT2D eigenvalue weighted by Gasteiger charge is 2.31. The molecule has 0 aromatic heterocycles. The number of thioether (sulfide) groups is 1. The van der Waals surface area contributed by atoms with Crippen LogP contribution in [0.25, 0.3) is 0 Å². The molecule has 1 aromatic rings. The highest BCUT2D eigenvalue weighted by molar-refractivity contribution is 8.00. The lowest BCUT2D eigenvalue weighted by Crippen LogP contribution is -2.30. The maximum atomic E-state index is 5.84. The third-order valence-electron chi connectivity index (χ3n) is 4.15. The Bertz CT molecular complexity index is 436. The van der Waals surface area contributed by atoms with Gasteiger partial charge in [0.1, 0.15) is 0 Å². The second kappa shape index (κ2) is 5.83. The van der Waals surface area contributed by atoms with Gasteiger partial charge in [0, 0.05) is 17.5 Å². The van der Waals surface area contributed by atoms with Crippen molar-refractivity contribution in [3.05, 3.63) is 29.8 Å². The average Bonchev–Trinajstić information content (AvgIpc) is 2.76. The molecule has 0 spiro atoms. The minimum atomic E-state index is 0.526. The normalized spacial score (nSPS) is 28.5. The van der Waals surface area contributed by atoms with Crippen LogP contribution in [0.1, 0.15) is 18.0 Å². The molecule has 2 aliphatic heterocycles. The molecule has 2 saturated heterocycles. The molecule has 0 saturated carbocycles. The van der Waals surface area contributed by atoms with Gasteiger partial charge in [0.25, 0.3) is 0 Å². The number of benzene rings is 1. The zero-order chi connectivity index (χ0) is 13.2. The van der Waals surface area contributed by atoms with E-state index in [-0.39, 0.29) is 0 Å². The molecule has 2 aliphatic rings. The summed E-state index contributed by atoms with van der Waals surface area (Å²) >= 11 is 1.97. The first-order valence-corrected chi connectivity index (χ1v) is 7.89. The number of rotatable bonds is 4. The van der Waals surface area contributed by atoms with E-state index in [0.717, 1.165) is 26.3 Å². The number of hydrogen-bond donors (Lipinski definition) is 1. The van der Waals surface area contributed by atoms with Crippen LogP contribution in [0.4, 0.5) is 0 Å². The Hall–Kier alpha value is -0.550. The van der Waals surface area contributed by atoms with Crippen molar-refractivity contribution in [3.63, 3.8) is 0 Å². The fourth-order valence-electron chi connectivity index (χ4n) is 2.96. The fraction of sp³-hybridized carbons (Fsp3) is 0.600. The van der Waals surface area contributed by atoms with E-state index in [2.05, 4.69) is 36.2 Å². The molecule has 3 nitrogen and oxygen atoms in total. The molecule has 0 amide bonds. The van der Waals surface area contributed by atoms with Gasteiger partial charge in [0.2, 0.25) is 0 Å². The van der Waals surface area contributed by atoms with Crippen LogP contribution in [0.2, 0.25) is 0 Å². The van der Waals surface area contributed by atoms with E-state index in [0.29, 0.717) is 17.2 Å². The average molecular weight is 278 g/mol. The first-order chi connectivity index (χ1) is 9.28. The summed E-state index contributed by atoms with van der Waals surface area (Å²) in [5, 5.41) is 0.637. The SMILES string of the molecule is CN1CC(CN)CC1c1ccccc1SC1COC1. The van der Waals surface area contributed by atoms with E-state index in [1.807, 2.05) is 11.8 Å². The highest BCUT2D eigenvalue weighted by Crippen LogP contribution is 2.40. The molecule has 0 aliphatic carbocycles. The number of nitrogens with two attached hydrogens (primary N) is 1. The van der Waals surface area contributed by atoms with Crippen LogP contribution in [0.15, 0.2) is 29.2 Å². The molecular weight excluding hydrogens is 256 g/mol. The van der Waals surface area contributed by atoms with Crippen molar-refractivity contribution in [2.45, 2.75) is 22.6 Å². The van der Waals surface area contributed by atoms with Crippen LogP contribution < -0.4 is 5.73 Å². The van der Waals surface area contributed by atoms with Crippen molar-refractivity contribution in [3.8, 4) is 0 Å². The Morgan fingerprint density at radius 3 is 2.79 bits per heavy atom. The van der Waals surface area contributed by atoms with Crippen LogP contribution >= 0.6 is 11.8 Å². The Morgan fingerprint density at radius 1 is 1.37 bits per heavy atom. The first-order valence-electron chi connectivity index (χ1n) is 7.01. The summed E-state index contributed by atoms with van der Waals surface area (Å²) in [5.74, 6) is 0.639. The summed E-state index contributed by atoms with van der Waals surface area (Å²) in [6.07, 6.45) is 1.19. The maximum Gasteiger partial charge on any atom is 0.0611 e. The van der Waals surface area contributed by atoms with Gasteiger partial charge in [-0.05, 0) is 37.6 Å². The number of ether oxygens (including phenoxy) is 1. The van der Waals surface area contributed by atoms with E-state index in [1.165, 1.54) is 16.9 Å². The predicted octanol–water partition coefficient (Wildman–Crippen LogP) is 2.13. The fourth-order valence-corrected chi connectivity index (χ4v) is 4.15. The van der Waals surface area contributed by atoms with Gasteiger partial charge >= 0.3 is 0 Å². The van der Waals surface area contributed by atoms with Gasteiger partial charge in [-0.25, -0.2) is 0 Å². The quantitative estimate of drug-likeness (QED) is 0.916. The Labute approximate surface area is 119 Å². The molecule has 0 radical (unpaired) electrons. The molecule has 19 heavy (non-hydrogen) atoms. The second-order valence-electron chi connectivity index (χ2n) is 5.61. The molecule has 4 heteroatoms. The molecule has 2 atom stereocenters. The van der Waals surface area contributed by atoms with Crippen molar-refractivity contribution in [1.29, 1.82) is 0 Å². The Morgan fingerprint density at radius 2 is 2.16 bits per heavy atom. The van der Waals surface area contributed by atoms with Gasteiger partial charge in [0.05, 0.1) is 18.5 Å². The third kappa shape index (κ3) is 2.82. The first kappa shape index (κ1) is 13.4. The number of likely N-dealkylation sites (tertiary alicyclic amines) is 1. The minimum Gasteiger partial charge on any atom is -0.379 e. The van der Waals surface area contributed by atoms with Gasteiger partial charge in [-0.1, -0.05) is 18.2 Å². The van der Waals surface area contributed by atoms with Crippen molar-refractivity contribution in [2.24, 2.45) is 11.7 Å². The van der Waals surface area contributed by atoms with Crippen LogP contribution in [0, 0.1) is 5.92 Å². The standard InChI is InChI=1S/C15H22N2OS/c1-17-8-11(7-16)6-14(17)13-4-2-3-5-15(13)19-12-9-18-10-12/h2-5,11-12,14H,6-10,16H2,1H3. The third-order valence-corrected chi connectivity index (χ3v) is 5.38. The van der Waals surface area contributed by atoms with E-state index in [1.54, 1.807) is 0 Å². The summed E-state index contributed by atoms with van der Waals surface area (Å²) in [6.45, 7) is 3.70. The second-order valence-corrected chi connectivity index (χ2v) is 6.95. The predicted molar refractivity (Wildman–Crippen MR) is 79.4 cm³/mol. The maximum absolute atomic E-state index is 5.84. The summed E-state index contributed by atoms with van der Waals surface area (Å²) in [4.78, 5) is 3.87. The molecule has 104 valence electrons. The molecule has 2 heterocycles. The summed E-state index contributed by atoms with van der Waals surface area (Å²) < 4.78 is 5.28. The molecule has 2 unspecified atom stereocenters. The molecule has 2 N–H and O–H groups in total. The van der Waals surface area contributed by atoms with Crippen LogP contribution in [-0.2, 0) is 4.74 Å². The lowest BCUT2D eigenvalue weighted by Gasteiger charge is -2.28. The molecular formula is C15H22N2OS. The summed E-state index contributed by atoms with van der Waals surface area (Å²) in [6, 6.07) is 9.35. The molecule has 1 aromatic carbocycles. The lowest BCUT2D eigenvalue weighted by atomic mass is 10.00. The van der Waals surface area contributed by atoms with Crippen LogP contribution in [0.5, 0.6) is 0 Å². The molecule has 0 bridgehead atoms. The van der Waals surface area contributed by atoms with Gasteiger partial charge in [-0.15, -0.1) is 11.8 Å². The topological polar surface area (TPSA) is 38.5 Å². The monoisotopic (exact) mass is 278 g/mol. The van der Waals surface area contributed by atoms with E-state index in [4.69, 9.17) is 10.5 Å². The lowest BCUT2D eigenvalue weighted by molar-refractivity contribution is 0.0455. The zero-order valence-corrected chi connectivity index (χ0v) is 12.2. The summed E-state index contributed by atoms with van der Waals surface area (Å²) in [5.41, 5.74) is 7.31.